The molecule has 0 unspecified atom stereocenters. The Hall–Kier alpha value is -2.38. The van der Waals surface area contributed by atoms with Crippen molar-refractivity contribution in [2.45, 2.75) is 20.4 Å². The van der Waals surface area contributed by atoms with Crippen LogP contribution >= 0.6 is 11.6 Å². The Balaban J connectivity index is 2.01. The van der Waals surface area contributed by atoms with E-state index < -0.39 is 15.9 Å². The van der Waals surface area contributed by atoms with Gasteiger partial charge in [0.05, 0.1) is 23.3 Å². The van der Waals surface area contributed by atoms with E-state index in [1.54, 1.807) is 18.2 Å². The van der Waals surface area contributed by atoms with E-state index in [1.165, 1.54) is 6.92 Å². The van der Waals surface area contributed by atoms with Crippen molar-refractivity contribution in [2.75, 3.05) is 5.75 Å². The number of carbonyl (C=O) groups is 1. The van der Waals surface area contributed by atoms with Gasteiger partial charge in [0.15, 0.2) is 0 Å². The third-order valence-electron chi connectivity index (χ3n) is 4.12. The molecular formula is C18H18ClN3O3S. The molecule has 3 aromatic rings. The van der Waals surface area contributed by atoms with Crippen molar-refractivity contribution in [3.8, 4) is 0 Å². The minimum Gasteiger partial charge on any atom is -0.324 e. The lowest BCUT2D eigenvalue weighted by atomic mass is 10.2. The number of rotatable bonds is 5. The Morgan fingerprint density at radius 1 is 1.23 bits per heavy atom. The van der Waals surface area contributed by atoms with Crippen LogP contribution in [0.5, 0.6) is 0 Å². The highest BCUT2D eigenvalue weighted by Crippen LogP contribution is 2.22. The first-order valence-corrected chi connectivity index (χ1v) is 10.1. The molecule has 0 aliphatic rings. The van der Waals surface area contributed by atoms with E-state index in [9.17, 15) is 13.2 Å². The Morgan fingerprint density at radius 3 is 2.65 bits per heavy atom. The molecule has 1 amide bonds. The molecule has 0 radical (unpaired) electrons. The fraction of sp³-hybridized carbons (Fsp3) is 0.222. The van der Waals surface area contributed by atoms with Crippen LogP contribution in [0.3, 0.4) is 0 Å². The SMILES string of the molecule is CCS(=O)(=O)NC(=O)c1ccc2nc(C)n(Cc3ccccc3Cl)c2c1. The second-order valence-electron chi connectivity index (χ2n) is 5.87. The molecule has 2 aromatic carbocycles. The molecule has 1 aromatic heterocycles. The number of fused-ring (bicyclic) bond motifs is 1. The molecule has 1 heterocycles. The monoisotopic (exact) mass is 391 g/mol. The highest BCUT2D eigenvalue weighted by Gasteiger charge is 2.16. The highest BCUT2D eigenvalue weighted by molar-refractivity contribution is 7.90. The molecule has 0 bridgehead atoms. The van der Waals surface area contributed by atoms with E-state index in [4.69, 9.17) is 11.6 Å². The van der Waals surface area contributed by atoms with Crippen LogP contribution < -0.4 is 4.72 Å². The van der Waals surface area contributed by atoms with Crippen molar-refractivity contribution >= 4 is 38.6 Å². The van der Waals surface area contributed by atoms with Gasteiger partial charge in [-0.05, 0) is 43.7 Å². The van der Waals surface area contributed by atoms with Gasteiger partial charge < -0.3 is 4.57 Å². The predicted molar refractivity (Wildman–Crippen MR) is 102 cm³/mol. The highest BCUT2D eigenvalue weighted by atomic mass is 35.5. The van der Waals surface area contributed by atoms with Crippen LogP contribution in [0, 0.1) is 6.92 Å². The number of hydrogen-bond donors (Lipinski definition) is 1. The van der Waals surface area contributed by atoms with Crippen LogP contribution in [0.25, 0.3) is 11.0 Å². The molecule has 3 rings (SSSR count). The van der Waals surface area contributed by atoms with Gasteiger partial charge in [-0.15, -0.1) is 0 Å². The van der Waals surface area contributed by atoms with Crippen LogP contribution in [-0.2, 0) is 16.6 Å². The largest absolute Gasteiger partial charge is 0.324 e. The van der Waals surface area contributed by atoms with Gasteiger partial charge in [-0.2, -0.15) is 0 Å². The third kappa shape index (κ3) is 3.73. The molecule has 1 N–H and O–H groups in total. The summed E-state index contributed by atoms with van der Waals surface area (Å²) in [4.78, 5) is 16.8. The van der Waals surface area contributed by atoms with E-state index in [2.05, 4.69) is 9.71 Å². The number of imidazole rings is 1. The fourth-order valence-electron chi connectivity index (χ4n) is 2.65. The maximum Gasteiger partial charge on any atom is 0.264 e. The van der Waals surface area contributed by atoms with Crippen molar-refractivity contribution in [1.82, 2.24) is 14.3 Å². The number of sulfonamides is 1. The zero-order valence-corrected chi connectivity index (χ0v) is 15.9. The number of nitrogens with zero attached hydrogens (tertiary/aromatic N) is 2. The summed E-state index contributed by atoms with van der Waals surface area (Å²) in [6.07, 6.45) is 0. The second-order valence-corrected chi connectivity index (χ2v) is 8.29. The molecule has 6 nitrogen and oxygen atoms in total. The molecule has 0 aliphatic heterocycles. The van der Waals surface area contributed by atoms with Crippen LogP contribution in [0.4, 0.5) is 0 Å². The second kappa shape index (κ2) is 7.09. The number of benzene rings is 2. The van der Waals surface area contributed by atoms with E-state index in [0.717, 1.165) is 22.4 Å². The number of carbonyl (C=O) groups excluding carboxylic acids is 1. The minimum absolute atomic E-state index is 0.162. The molecule has 0 saturated heterocycles. The molecule has 0 aliphatic carbocycles. The number of nitrogens with one attached hydrogen (secondary N) is 1. The number of aromatic nitrogens is 2. The lowest BCUT2D eigenvalue weighted by molar-refractivity contribution is 0.0981. The van der Waals surface area contributed by atoms with Crippen LogP contribution in [0.2, 0.25) is 5.02 Å². The van der Waals surface area contributed by atoms with Gasteiger partial charge in [0, 0.05) is 10.6 Å². The lowest BCUT2D eigenvalue weighted by Crippen LogP contribution is -2.31. The van der Waals surface area contributed by atoms with E-state index in [0.29, 0.717) is 11.6 Å². The topological polar surface area (TPSA) is 81.1 Å². The molecule has 0 fully saturated rings. The van der Waals surface area contributed by atoms with Crippen molar-refractivity contribution in [3.63, 3.8) is 0 Å². The Bertz CT molecular complexity index is 1090. The zero-order valence-electron chi connectivity index (χ0n) is 14.4. The summed E-state index contributed by atoms with van der Waals surface area (Å²) in [5.41, 5.74) is 2.66. The first-order valence-electron chi connectivity index (χ1n) is 8.06. The Morgan fingerprint density at radius 2 is 1.96 bits per heavy atom. The standard InChI is InChI=1S/C18H18ClN3O3S/c1-3-26(24,25)21-18(23)13-8-9-16-17(10-13)22(12(2)20-16)11-14-6-4-5-7-15(14)19/h4-10H,3,11H2,1-2H3,(H,21,23). The lowest BCUT2D eigenvalue weighted by Gasteiger charge is -2.10. The summed E-state index contributed by atoms with van der Waals surface area (Å²) in [7, 11) is -3.62. The van der Waals surface area contributed by atoms with Crippen molar-refractivity contribution < 1.29 is 13.2 Å². The van der Waals surface area contributed by atoms with Crippen LogP contribution in [0.1, 0.15) is 28.7 Å². The molecule has 136 valence electrons. The molecule has 8 heteroatoms. The maximum absolute atomic E-state index is 12.3. The summed E-state index contributed by atoms with van der Waals surface area (Å²) in [5.74, 6) is -0.0413. The quantitative estimate of drug-likeness (QED) is 0.724. The summed E-state index contributed by atoms with van der Waals surface area (Å²) in [6, 6.07) is 12.4. The van der Waals surface area contributed by atoms with Crippen LogP contribution in [0.15, 0.2) is 42.5 Å². The summed E-state index contributed by atoms with van der Waals surface area (Å²) < 4.78 is 27.3. The number of aryl methyl sites for hydroxylation is 1. The third-order valence-corrected chi connectivity index (χ3v) is 5.74. The number of amides is 1. The molecule has 0 atom stereocenters. The predicted octanol–water partition coefficient (Wildman–Crippen LogP) is 3.13. The Kier molecular flexibility index (Phi) is 5.02. The first-order chi connectivity index (χ1) is 12.3. The summed E-state index contributed by atoms with van der Waals surface area (Å²) in [6.45, 7) is 3.85. The summed E-state index contributed by atoms with van der Waals surface area (Å²) >= 11 is 6.25. The van der Waals surface area contributed by atoms with Gasteiger partial charge in [0.1, 0.15) is 5.82 Å². The van der Waals surface area contributed by atoms with Crippen molar-refractivity contribution in [3.05, 3.63) is 64.4 Å². The van der Waals surface area contributed by atoms with Gasteiger partial charge in [0.25, 0.3) is 5.91 Å². The Labute approximate surface area is 156 Å². The van der Waals surface area contributed by atoms with Crippen molar-refractivity contribution in [1.29, 1.82) is 0 Å². The van der Waals surface area contributed by atoms with Crippen LogP contribution in [-0.4, -0.2) is 29.6 Å². The molecule has 0 saturated carbocycles. The van der Waals surface area contributed by atoms with E-state index in [1.807, 2.05) is 35.8 Å². The normalized spacial score (nSPS) is 11.7. The van der Waals surface area contributed by atoms with Gasteiger partial charge in [-0.3, -0.25) is 4.79 Å². The van der Waals surface area contributed by atoms with Crippen molar-refractivity contribution in [2.24, 2.45) is 0 Å². The van der Waals surface area contributed by atoms with Gasteiger partial charge in [0.2, 0.25) is 10.0 Å². The number of halogens is 1. The van der Waals surface area contributed by atoms with E-state index in [-0.39, 0.29) is 11.3 Å². The number of hydrogen-bond acceptors (Lipinski definition) is 4. The maximum atomic E-state index is 12.3. The van der Waals surface area contributed by atoms with Gasteiger partial charge in [-0.1, -0.05) is 29.8 Å². The molecular weight excluding hydrogens is 374 g/mol. The minimum atomic E-state index is -3.62. The average Bonchev–Trinajstić information content (AvgIpc) is 2.91. The average molecular weight is 392 g/mol. The first kappa shape index (κ1) is 18.4. The smallest absolute Gasteiger partial charge is 0.264 e. The van der Waals surface area contributed by atoms with Gasteiger partial charge in [-0.25, -0.2) is 18.1 Å². The van der Waals surface area contributed by atoms with Gasteiger partial charge >= 0.3 is 0 Å². The molecule has 26 heavy (non-hydrogen) atoms. The zero-order chi connectivity index (χ0) is 18.9. The van der Waals surface area contributed by atoms with E-state index >= 15 is 0 Å². The fourth-order valence-corrected chi connectivity index (χ4v) is 3.39. The summed E-state index contributed by atoms with van der Waals surface area (Å²) in [5, 5.41) is 0.650. The molecule has 0 spiro atoms.